The number of nitrogens with zero attached hydrogens (tertiary/aromatic N) is 2. The summed E-state index contributed by atoms with van der Waals surface area (Å²) in [5.41, 5.74) is 0.842. The number of ether oxygens (including phenoxy) is 2. The van der Waals surface area contributed by atoms with Crippen molar-refractivity contribution in [2.45, 2.75) is 11.8 Å². The molecule has 4 aromatic rings. The highest BCUT2D eigenvalue weighted by Crippen LogP contribution is 2.27. The molecule has 0 aliphatic rings. The van der Waals surface area contributed by atoms with Crippen molar-refractivity contribution in [3.8, 4) is 17.2 Å². The topological polar surface area (TPSA) is 82.4 Å². The van der Waals surface area contributed by atoms with Crippen LogP contribution in [-0.4, -0.2) is 34.9 Å². The SMILES string of the molecule is COc1cccc(-n2c(SCC(=O)Nc3ccccc3OC(F)F)nc3ccccc3c2=O)c1. The molecule has 0 atom stereocenters. The number of rotatable bonds is 8. The van der Waals surface area contributed by atoms with Gasteiger partial charge in [-0.15, -0.1) is 0 Å². The monoisotopic (exact) mass is 483 g/mol. The number of hydrogen-bond donors (Lipinski definition) is 1. The number of carbonyl (C=O) groups excluding carboxylic acids is 1. The number of alkyl halides is 2. The third-order valence-electron chi connectivity index (χ3n) is 4.77. The maximum Gasteiger partial charge on any atom is 0.387 e. The molecule has 0 bridgehead atoms. The van der Waals surface area contributed by atoms with Gasteiger partial charge >= 0.3 is 6.61 Å². The largest absolute Gasteiger partial charge is 0.497 e. The Balaban J connectivity index is 1.64. The van der Waals surface area contributed by atoms with E-state index >= 15 is 0 Å². The Bertz CT molecular complexity index is 1390. The van der Waals surface area contributed by atoms with Crippen LogP contribution in [0.4, 0.5) is 14.5 Å². The molecule has 0 fully saturated rings. The van der Waals surface area contributed by atoms with Crippen LogP contribution in [0.25, 0.3) is 16.6 Å². The van der Waals surface area contributed by atoms with E-state index in [1.54, 1.807) is 54.6 Å². The van der Waals surface area contributed by atoms with Crippen molar-refractivity contribution in [1.29, 1.82) is 0 Å². The van der Waals surface area contributed by atoms with Crippen LogP contribution in [0.15, 0.2) is 82.7 Å². The highest BCUT2D eigenvalue weighted by molar-refractivity contribution is 7.99. The van der Waals surface area contributed by atoms with E-state index in [4.69, 9.17) is 4.74 Å². The Kier molecular flexibility index (Phi) is 7.07. The van der Waals surface area contributed by atoms with Gasteiger partial charge in [0, 0.05) is 6.07 Å². The Labute approximate surface area is 197 Å². The van der Waals surface area contributed by atoms with Crippen LogP contribution in [0.1, 0.15) is 0 Å². The number of thioether (sulfide) groups is 1. The van der Waals surface area contributed by atoms with Crippen molar-refractivity contribution < 1.29 is 23.0 Å². The molecule has 0 saturated heterocycles. The summed E-state index contributed by atoms with van der Waals surface area (Å²) in [4.78, 5) is 30.5. The molecule has 0 unspecified atom stereocenters. The van der Waals surface area contributed by atoms with E-state index in [1.807, 2.05) is 0 Å². The second-order valence-corrected chi connectivity index (χ2v) is 7.91. The number of hydrogen-bond acceptors (Lipinski definition) is 6. The zero-order chi connectivity index (χ0) is 24.1. The number of fused-ring (bicyclic) bond motifs is 1. The van der Waals surface area contributed by atoms with E-state index in [-0.39, 0.29) is 22.7 Å². The fraction of sp³-hybridized carbons (Fsp3) is 0.125. The quantitative estimate of drug-likeness (QED) is 0.288. The summed E-state index contributed by atoms with van der Waals surface area (Å²) in [6.45, 7) is -3.02. The molecular formula is C24H19F2N3O4S. The molecule has 1 amide bonds. The van der Waals surface area contributed by atoms with Crippen molar-refractivity contribution in [3.05, 3.63) is 83.2 Å². The summed E-state index contributed by atoms with van der Waals surface area (Å²) in [6, 6.07) is 19.8. The summed E-state index contributed by atoms with van der Waals surface area (Å²) < 4.78 is 36.4. The number of nitrogens with one attached hydrogen (secondary N) is 1. The maximum absolute atomic E-state index is 13.3. The average Bonchev–Trinajstić information content (AvgIpc) is 2.84. The highest BCUT2D eigenvalue weighted by atomic mass is 32.2. The van der Waals surface area contributed by atoms with Gasteiger partial charge in [-0.3, -0.25) is 14.2 Å². The zero-order valence-corrected chi connectivity index (χ0v) is 18.7. The molecule has 1 aromatic heterocycles. The van der Waals surface area contributed by atoms with Crippen molar-refractivity contribution in [2.24, 2.45) is 0 Å². The zero-order valence-electron chi connectivity index (χ0n) is 17.9. The van der Waals surface area contributed by atoms with Gasteiger partial charge < -0.3 is 14.8 Å². The van der Waals surface area contributed by atoms with Crippen LogP contribution in [0.3, 0.4) is 0 Å². The predicted molar refractivity (Wildman–Crippen MR) is 126 cm³/mol. The summed E-state index contributed by atoms with van der Waals surface area (Å²) in [6.07, 6.45) is 0. The van der Waals surface area contributed by atoms with Crippen LogP contribution in [0.5, 0.6) is 11.5 Å². The van der Waals surface area contributed by atoms with Crippen LogP contribution < -0.4 is 20.3 Å². The van der Waals surface area contributed by atoms with Gasteiger partial charge in [-0.2, -0.15) is 8.78 Å². The van der Waals surface area contributed by atoms with Gasteiger partial charge in [-0.1, -0.05) is 42.1 Å². The second kappa shape index (κ2) is 10.3. The first-order chi connectivity index (χ1) is 16.5. The summed E-state index contributed by atoms with van der Waals surface area (Å²) >= 11 is 1.04. The summed E-state index contributed by atoms with van der Waals surface area (Å²) in [5, 5.41) is 3.29. The minimum atomic E-state index is -3.02. The first-order valence-corrected chi connectivity index (χ1v) is 11.1. The number of amides is 1. The highest BCUT2D eigenvalue weighted by Gasteiger charge is 2.17. The standard InChI is InChI=1S/C24H19F2N3O4S/c1-32-16-8-6-7-15(13-16)29-22(31)17-9-2-3-10-18(17)28-24(29)34-14-21(30)27-19-11-4-5-12-20(19)33-23(25)26/h2-13,23H,14H2,1H3,(H,27,30). The van der Waals surface area contributed by atoms with Gasteiger partial charge in [0.05, 0.1) is 35.1 Å². The molecule has 1 N–H and O–H groups in total. The van der Waals surface area contributed by atoms with Crippen LogP contribution >= 0.6 is 11.8 Å². The first kappa shape index (κ1) is 23.2. The molecule has 0 saturated carbocycles. The molecule has 0 radical (unpaired) electrons. The minimum absolute atomic E-state index is 0.116. The number of halogens is 2. The Hall–Kier alpha value is -3.92. The minimum Gasteiger partial charge on any atom is -0.497 e. The normalized spacial score (nSPS) is 10.9. The molecule has 0 aliphatic heterocycles. The number of aromatic nitrogens is 2. The molecule has 10 heteroatoms. The van der Waals surface area contributed by atoms with Gasteiger partial charge in [-0.25, -0.2) is 4.98 Å². The molecule has 1 heterocycles. The second-order valence-electron chi connectivity index (χ2n) is 6.97. The molecule has 7 nitrogen and oxygen atoms in total. The van der Waals surface area contributed by atoms with E-state index in [2.05, 4.69) is 15.0 Å². The fourth-order valence-electron chi connectivity index (χ4n) is 3.27. The Morgan fingerprint density at radius 3 is 2.65 bits per heavy atom. The van der Waals surface area contributed by atoms with Gasteiger partial charge in [0.15, 0.2) is 5.16 Å². The lowest BCUT2D eigenvalue weighted by Crippen LogP contribution is -2.23. The van der Waals surface area contributed by atoms with Crippen molar-refractivity contribution in [1.82, 2.24) is 9.55 Å². The van der Waals surface area contributed by atoms with E-state index in [0.717, 1.165) is 11.8 Å². The van der Waals surface area contributed by atoms with E-state index in [1.165, 1.54) is 29.9 Å². The third kappa shape index (κ3) is 5.18. The lowest BCUT2D eigenvalue weighted by atomic mass is 10.2. The van der Waals surface area contributed by atoms with Crippen LogP contribution in [-0.2, 0) is 4.79 Å². The first-order valence-electron chi connectivity index (χ1n) is 10.1. The van der Waals surface area contributed by atoms with Crippen molar-refractivity contribution in [2.75, 3.05) is 18.2 Å². The molecule has 3 aromatic carbocycles. The van der Waals surface area contributed by atoms with Crippen molar-refractivity contribution >= 4 is 34.3 Å². The molecule has 174 valence electrons. The molecular weight excluding hydrogens is 464 g/mol. The van der Waals surface area contributed by atoms with E-state index in [9.17, 15) is 18.4 Å². The van der Waals surface area contributed by atoms with Crippen molar-refractivity contribution in [3.63, 3.8) is 0 Å². The van der Waals surface area contributed by atoms with Gasteiger partial charge in [-0.05, 0) is 36.4 Å². The van der Waals surface area contributed by atoms with E-state index < -0.39 is 12.5 Å². The molecule has 34 heavy (non-hydrogen) atoms. The third-order valence-corrected chi connectivity index (χ3v) is 5.70. The van der Waals surface area contributed by atoms with Gasteiger partial charge in [0.1, 0.15) is 11.5 Å². The number of para-hydroxylation sites is 3. The molecule has 4 rings (SSSR count). The molecule has 0 spiro atoms. The molecule has 0 aliphatic carbocycles. The fourth-order valence-corrected chi connectivity index (χ4v) is 4.08. The number of carbonyl (C=O) groups is 1. The Morgan fingerprint density at radius 1 is 1.09 bits per heavy atom. The van der Waals surface area contributed by atoms with Gasteiger partial charge in [0.2, 0.25) is 5.91 Å². The predicted octanol–water partition coefficient (Wildman–Crippen LogP) is 4.73. The number of methoxy groups -OCH3 is 1. The lowest BCUT2D eigenvalue weighted by molar-refractivity contribution is -0.113. The summed E-state index contributed by atoms with van der Waals surface area (Å²) in [7, 11) is 1.52. The van der Waals surface area contributed by atoms with E-state index in [0.29, 0.717) is 27.5 Å². The summed E-state index contributed by atoms with van der Waals surface area (Å²) in [5.74, 6) is -0.192. The smallest absolute Gasteiger partial charge is 0.387 e. The van der Waals surface area contributed by atoms with Gasteiger partial charge in [0.25, 0.3) is 5.56 Å². The lowest BCUT2D eigenvalue weighted by Gasteiger charge is -2.14. The van der Waals surface area contributed by atoms with Crippen LogP contribution in [0, 0.1) is 0 Å². The van der Waals surface area contributed by atoms with Crippen LogP contribution in [0.2, 0.25) is 0 Å². The number of benzene rings is 3. The maximum atomic E-state index is 13.3. The Morgan fingerprint density at radius 2 is 1.85 bits per heavy atom. The average molecular weight is 483 g/mol. The number of anilines is 1.